The molecule has 0 amide bonds. The number of hydrogen-bond acceptors (Lipinski definition) is 6. The Morgan fingerprint density at radius 1 is 1.18 bits per heavy atom. The summed E-state index contributed by atoms with van der Waals surface area (Å²) in [6, 6.07) is 15.1. The van der Waals surface area contributed by atoms with Gasteiger partial charge in [0.1, 0.15) is 5.75 Å². The first kappa shape index (κ1) is 21.8. The van der Waals surface area contributed by atoms with Gasteiger partial charge in [0, 0.05) is 5.92 Å². The molecule has 0 unspecified atom stereocenters. The third-order valence-corrected chi connectivity index (χ3v) is 6.57. The van der Waals surface area contributed by atoms with E-state index in [4.69, 9.17) is 9.47 Å². The maximum Gasteiger partial charge on any atom is 0.453 e. The van der Waals surface area contributed by atoms with Crippen molar-refractivity contribution in [3.05, 3.63) is 65.5 Å². The largest absolute Gasteiger partial charge is 0.497 e. The number of aromatic nitrogens is 4. The van der Waals surface area contributed by atoms with Crippen LogP contribution >= 0.6 is 0 Å². The van der Waals surface area contributed by atoms with Crippen LogP contribution in [-0.4, -0.2) is 46.1 Å². The summed E-state index contributed by atoms with van der Waals surface area (Å²) in [7, 11) is 1.53. The Kier molecular flexibility index (Phi) is 5.57. The Hall–Kier alpha value is -2.98. The van der Waals surface area contributed by atoms with Gasteiger partial charge >= 0.3 is 6.18 Å². The van der Waals surface area contributed by atoms with Crippen LogP contribution in [0.4, 0.5) is 13.2 Å². The van der Waals surface area contributed by atoms with E-state index in [0.717, 1.165) is 29.6 Å². The lowest BCUT2D eigenvalue weighted by Gasteiger charge is -2.41. The minimum absolute atomic E-state index is 0.00489. The zero-order valence-electron chi connectivity index (χ0n) is 18.0. The highest BCUT2D eigenvalue weighted by Gasteiger charge is 2.49. The number of piperidine rings is 1. The van der Waals surface area contributed by atoms with Crippen molar-refractivity contribution in [2.75, 3.05) is 20.3 Å². The molecule has 1 aromatic heterocycles. The highest BCUT2D eigenvalue weighted by Crippen LogP contribution is 2.49. The molecule has 33 heavy (non-hydrogen) atoms. The lowest BCUT2D eigenvalue weighted by atomic mass is 9.76. The van der Waals surface area contributed by atoms with E-state index < -0.39 is 17.6 Å². The molecule has 10 heteroatoms. The highest BCUT2D eigenvalue weighted by molar-refractivity contribution is 5.48. The predicted molar refractivity (Wildman–Crippen MR) is 113 cm³/mol. The number of tetrazole rings is 1. The molecule has 5 rings (SSSR count). The monoisotopic (exact) mass is 459 g/mol. The Labute approximate surface area is 188 Å². The van der Waals surface area contributed by atoms with Crippen molar-refractivity contribution in [2.45, 2.75) is 43.0 Å². The third kappa shape index (κ3) is 3.97. The first-order valence-electron chi connectivity index (χ1n) is 10.9. The van der Waals surface area contributed by atoms with Gasteiger partial charge in [0.25, 0.3) is 5.82 Å². The number of nitrogens with one attached hydrogen (secondary N) is 1. The Morgan fingerprint density at radius 2 is 2.00 bits per heavy atom. The van der Waals surface area contributed by atoms with E-state index in [1.165, 1.54) is 7.11 Å². The van der Waals surface area contributed by atoms with Crippen LogP contribution < -0.4 is 10.1 Å². The van der Waals surface area contributed by atoms with E-state index in [9.17, 15) is 13.2 Å². The molecule has 0 aliphatic carbocycles. The normalized spacial score (nSPS) is 25.5. The molecule has 0 bridgehead atoms. The maximum atomic E-state index is 13.5. The minimum Gasteiger partial charge on any atom is -0.497 e. The number of methoxy groups -OCH3 is 1. The molecule has 2 fully saturated rings. The second kappa shape index (κ2) is 8.42. The average molecular weight is 459 g/mol. The number of alkyl halides is 3. The number of nitrogens with zero attached hydrogens (tertiary/aromatic N) is 4. The zero-order valence-corrected chi connectivity index (χ0v) is 18.0. The molecule has 3 atom stereocenters. The molecule has 2 saturated heterocycles. The fourth-order valence-electron chi connectivity index (χ4n) is 5.11. The first-order chi connectivity index (χ1) is 15.9. The van der Waals surface area contributed by atoms with Crippen LogP contribution in [0.5, 0.6) is 5.75 Å². The number of benzene rings is 2. The topological polar surface area (TPSA) is 74.1 Å². The summed E-state index contributed by atoms with van der Waals surface area (Å²) in [6.07, 6.45) is -2.19. The van der Waals surface area contributed by atoms with Gasteiger partial charge in [0.15, 0.2) is 0 Å². The van der Waals surface area contributed by atoms with Crippen LogP contribution in [0.15, 0.2) is 48.5 Å². The molecule has 1 spiro atoms. The van der Waals surface area contributed by atoms with Gasteiger partial charge in [0.2, 0.25) is 0 Å². The van der Waals surface area contributed by atoms with Gasteiger partial charge in [-0.2, -0.15) is 17.9 Å². The Balaban J connectivity index is 1.54. The lowest BCUT2D eigenvalue weighted by molar-refractivity contribution is -0.146. The van der Waals surface area contributed by atoms with Crippen molar-refractivity contribution in [2.24, 2.45) is 0 Å². The van der Waals surface area contributed by atoms with Gasteiger partial charge in [-0.05, 0) is 65.6 Å². The van der Waals surface area contributed by atoms with Crippen molar-refractivity contribution in [3.8, 4) is 11.4 Å². The Bertz CT molecular complexity index is 1120. The molecule has 3 heterocycles. The van der Waals surface area contributed by atoms with Gasteiger partial charge in [-0.25, -0.2) is 0 Å². The molecule has 2 aromatic carbocycles. The summed E-state index contributed by atoms with van der Waals surface area (Å²) in [6.45, 7) is 1.27. The molecule has 7 nitrogen and oxygen atoms in total. The quantitative estimate of drug-likeness (QED) is 0.635. The summed E-state index contributed by atoms with van der Waals surface area (Å²) in [4.78, 5) is 0. The van der Waals surface area contributed by atoms with E-state index in [1.807, 2.05) is 18.2 Å². The van der Waals surface area contributed by atoms with E-state index in [-0.39, 0.29) is 17.6 Å². The van der Waals surface area contributed by atoms with E-state index in [0.29, 0.717) is 24.3 Å². The van der Waals surface area contributed by atoms with Crippen LogP contribution in [0, 0.1) is 0 Å². The Morgan fingerprint density at radius 3 is 2.76 bits per heavy atom. The molecular formula is C23H24F3N5O2. The van der Waals surface area contributed by atoms with Gasteiger partial charge in [-0.1, -0.05) is 30.3 Å². The van der Waals surface area contributed by atoms with Crippen molar-refractivity contribution >= 4 is 0 Å². The molecule has 174 valence electrons. The summed E-state index contributed by atoms with van der Waals surface area (Å²) in [5.41, 5.74) is 1.64. The summed E-state index contributed by atoms with van der Waals surface area (Å²) in [5.74, 6) is -0.756. The van der Waals surface area contributed by atoms with Crippen LogP contribution in [-0.2, 0) is 10.9 Å². The van der Waals surface area contributed by atoms with Crippen LogP contribution in [0.2, 0.25) is 0 Å². The maximum absolute atomic E-state index is 13.5. The number of rotatable bonds is 4. The first-order valence-corrected chi connectivity index (χ1v) is 10.9. The fourth-order valence-corrected chi connectivity index (χ4v) is 5.11. The SMILES string of the molecule is COc1ccc(-n2nnnc2C(F)(F)F)c([C@H]2CO[C@]3(CCCN[C@H]3c3ccccc3)C2)c1. The van der Waals surface area contributed by atoms with Crippen molar-refractivity contribution in [1.82, 2.24) is 25.5 Å². The fraction of sp³-hybridized carbons (Fsp3) is 0.435. The van der Waals surface area contributed by atoms with Gasteiger partial charge in [-0.3, -0.25) is 0 Å². The van der Waals surface area contributed by atoms with E-state index in [2.05, 4.69) is 33.0 Å². The molecule has 2 aliphatic rings. The van der Waals surface area contributed by atoms with Gasteiger partial charge in [-0.15, -0.1) is 5.10 Å². The van der Waals surface area contributed by atoms with Gasteiger partial charge < -0.3 is 14.8 Å². The minimum atomic E-state index is -4.68. The number of halogens is 3. The summed E-state index contributed by atoms with van der Waals surface area (Å²) in [5, 5.41) is 13.7. The summed E-state index contributed by atoms with van der Waals surface area (Å²) >= 11 is 0. The van der Waals surface area contributed by atoms with Crippen molar-refractivity contribution in [1.29, 1.82) is 0 Å². The van der Waals surface area contributed by atoms with Gasteiger partial charge in [0.05, 0.1) is 31.0 Å². The van der Waals surface area contributed by atoms with E-state index >= 15 is 0 Å². The molecule has 3 aromatic rings. The van der Waals surface area contributed by atoms with Crippen LogP contribution in [0.1, 0.15) is 48.2 Å². The smallest absolute Gasteiger partial charge is 0.453 e. The number of hydrogen-bond donors (Lipinski definition) is 1. The predicted octanol–water partition coefficient (Wildman–Crippen LogP) is 4.06. The number of ether oxygens (including phenoxy) is 2. The zero-order chi connectivity index (χ0) is 23.1. The molecule has 0 saturated carbocycles. The molecule has 1 N–H and O–H groups in total. The lowest BCUT2D eigenvalue weighted by Crippen LogP contribution is -2.48. The highest BCUT2D eigenvalue weighted by atomic mass is 19.4. The standard InChI is InChI=1S/C23H24F3N5O2/c1-32-17-8-9-19(31-21(23(24,25)26)28-29-30-31)18(12-17)16-13-22(33-14-16)10-5-11-27-20(22)15-6-3-2-4-7-15/h2-4,6-9,12,16,20,27H,5,10-11,13-14H2,1H3/t16-,20+,22-/m1/s1. The summed E-state index contributed by atoms with van der Waals surface area (Å²) < 4.78 is 53.2. The second-order valence-corrected chi connectivity index (χ2v) is 8.52. The molecule has 0 radical (unpaired) electrons. The molecule has 2 aliphatic heterocycles. The average Bonchev–Trinajstić information content (AvgIpc) is 3.48. The van der Waals surface area contributed by atoms with Crippen molar-refractivity contribution in [3.63, 3.8) is 0 Å². The van der Waals surface area contributed by atoms with Crippen LogP contribution in [0.3, 0.4) is 0 Å². The molecular weight excluding hydrogens is 435 g/mol. The van der Waals surface area contributed by atoms with E-state index in [1.54, 1.807) is 18.2 Å². The second-order valence-electron chi connectivity index (χ2n) is 8.52. The third-order valence-electron chi connectivity index (χ3n) is 6.57. The van der Waals surface area contributed by atoms with Crippen molar-refractivity contribution < 1.29 is 22.6 Å². The van der Waals surface area contributed by atoms with Crippen LogP contribution in [0.25, 0.3) is 5.69 Å².